The number of nitrogens with zero attached hydrogens (tertiary/aromatic N) is 3. The third kappa shape index (κ3) is 7.09. The van der Waals surface area contributed by atoms with Crippen molar-refractivity contribution < 1.29 is 31.9 Å². The molecule has 1 saturated heterocycles. The van der Waals surface area contributed by atoms with Crippen LogP contribution in [0.15, 0.2) is 18.3 Å². The van der Waals surface area contributed by atoms with Crippen molar-refractivity contribution in [2.45, 2.75) is 70.1 Å². The van der Waals surface area contributed by atoms with Crippen LogP contribution in [-0.2, 0) is 4.79 Å². The monoisotopic (exact) mass is 541 g/mol. The summed E-state index contributed by atoms with van der Waals surface area (Å²) in [5.74, 6) is -1.61. The first-order valence-corrected chi connectivity index (χ1v) is 12.7. The number of nitrogens with one attached hydrogen (secondary N) is 2. The topological polar surface area (TPSA) is 100 Å². The van der Waals surface area contributed by atoms with Gasteiger partial charge in [0.25, 0.3) is 5.91 Å². The molecular formula is C26H35F4N5O3. The Labute approximate surface area is 219 Å². The first-order valence-electron chi connectivity index (χ1n) is 12.7. The molecule has 8 nitrogen and oxygen atoms in total. The predicted octanol–water partition coefficient (Wildman–Crippen LogP) is 4.78. The van der Waals surface area contributed by atoms with Crippen molar-refractivity contribution in [1.29, 1.82) is 0 Å². The van der Waals surface area contributed by atoms with Crippen LogP contribution in [0.3, 0.4) is 0 Å². The predicted molar refractivity (Wildman–Crippen MR) is 133 cm³/mol. The van der Waals surface area contributed by atoms with Gasteiger partial charge in [-0.1, -0.05) is 0 Å². The zero-order valence-electron chi connectivity index (χ0n) is 22.1. The normalized spacial score (nSPS) is 23.3. The van der Waals surface area contributed by atoms with Crippen molar-refractivity contribution in [2.24, 2.45) is 11.8 Å². The molecule has 1 aliphatic carbocycles. The molecule has 1 aliphatic heterocycles. The maximum absolute atomic E-state index is 14.1. The first kappa shape index (κ1) is 29.5. The molecule has 4 rings (SSSR count). The quantitative estimate of drug-likeness (QED) is 0.418. The van der Waals surface area contributed by atoms with Gasteiger partial charge in [-0.25, -0.2) is 9.37 Å². The molecule has 1 saturated carbocycles. The molecule has 1 atom stereocenters. The van der Waals surface area contributed by atoms with Gasteiger partial charge < -0.3 is 19.7 Å². The average molecular weight is 542 g/mol. The number of hydrogen-bond acceptors (Lipinski definition) is 6. The Morgan fingerprint density at radius 2 is 1.89 bits per heavy atom. The van der Waals surface area contributed by atoms with Gasteiger partial charge in [0.2, 0.25) is 5.88 Å². The summed E-state index contributed by atoms with van der Waals surface area (Å²) in [6, 6.07) is 3.24. The Kier molecular flexibility index (Phi) is 9.50. The van der Waals surface area contributed by atoms with Crippen molar-refractivity contribution in [1.82, 2.24) is 25.4 Å². The highest BCUT2D eigenvalue weighted by atomic mass is 19.4. The zero-order valence-corrected chi connectivity index (χ0v) is 22.1. The second kappa shape index (κ2) is 12.2. The van der Waals surface area contributed by atoms with Gasteiger partial charge in [-0.05, 0) is 65.5 Å². The summed E-state index contributed by atoms with van der Waals surface area (Å²) in [5.41, 5.74) is 0.322. The van der Waals surface area contributed by atoms with Crippen LogP contribution in [0.1, 0.15) is 62.9 Å². The third-order valence-electron chi connectivity index (χ3n) is 7.38. The molecule has 0 bridgehead atoms. The van der Waals surface area contributed by atoms with Gasteiger partial charge >= 0.3 is 6.18 Å². The van der Waals surface area contributed by atoms with E-state index in [1.807, 2.05) is 13.8 Å². The lowest BCUT2D eigenvalue weighted by Gasteiger charge is -2.44. The first-order chi connectivity index (χ1) is 17.9. The van der Waals surface area contributed by atoms with E-state index in [1.165, 1.54) is 19.2 Å². The standard InChI is InChI=1S/C18H21FN4O3.C8H14F3N/c1-18(2)8-11(10-24)4-5-23(18)17(25)15-7-14(21-22-15)12-6-16(26-3)20-9-13(12)19;1-12-7-4-2-6(3-5-7)8(9,10)11/h6-7,9-11H,4-5,8H2,1-3H3,(H,21,22);6-7,12H,2-5H2,1H3. The molecule has 0 spiro atoms. The summed E-state index contributed by atoms with van der Waals surface area (Å²) < 4.78 is 55.5. The largest absolute Gasteiger partial charge is 0.481 e. The molecule has 2 aromatic rings. The number of aromatic nitrogens is 3. The van der Waals surface area contributed by atoms with E-state index < -0.39 is 23.5 Å². The SMILES string of the molecule is CNC1CCC(C(F)(F)F)CC1.COc1cc(-c2cc(C(=O)N3CCC(C=O)CC3(C)C)[nH]n2)c(F)cn1. The number of hydrogen-bond donors (Lipinski definition) is 2. The van der Waals surface area contributed by atoms with Crippen molar-refractivity contribution in [2.75, 3.05) is 20.7 Å². The number of aldehydes is 1. The molecule has 2 aliphatic rings. The number of rotatable bonds is 5. The van der Waals surface area contributed by atoms with Gasteiger partial charge in [-0.3, -0.25) is 9.89 Å². The number of carbonyl (C=O) groups excluding carboxylic acids is 2. The highest BCUT2D eigenvalue weighted by Gasteiger charge is 2.41. The molecule has 2 fully saturated rings. The van der Waals surface area contributed by atoms with Crippen LogP contribution < -0.4 is 10.1 Å². The second-order valence-corrected chi connectivity index (χ2v) is 10.4. The van der Waals surface area contributed by atoms with Gasteiger partial charge in [0.15, 0.2) is 5.82 Å². The maximum Gasteiger partial charge on any atom is 0.391 e. The van der Waals surface area contributed by atoms with Gasteiger partial charge in [0, 0.05) is 35.7 Å². The average Bonchev–Trinajstić information content (AvgIpc) is 3.38. The Morgan fingerprint density at radius 3 is 2.45 bits per heavy atom. The van der Waals surface area contributed by atoms with Crippen molar-refractivity contribution in [3.05, 3.63) is 29.8 Å². The molecule has 3 heterocycles. The number of likely N-dealkylation sites (tertiary alicyclic amines) is 1. The molecule has 38 heavy (non-hydrogen) atoms. The van der Waals surface area contributed by atoms with E-state index in [0.717, 1.165) is 12.5 Å². The van der Waals surface area contributed by atoms with Crippen LogP contribution in [0.4, 0.5) is 17.6 Å². The van der Waals surface area contributed by atoms with E-state index in [2.05, 4.69) is 20.5 Å². The number of H-pyrrole nitrogens is 1. The maximum atomic E-state index is 14.1. The Bertz CT molecular complexity index is 1100. The van der Waals surface area contributed by atoms with Gasteiger partial charge in [0.05, 0.1) is 24.9 Å². The molecule has 210 valence electrons. The number of aromatic amines is 1. The van der Waals surface area contributed by atoms with Gasteiger partial charge in [0.1, 0.15) is 12.0 Å². The molecule has 12 heteroatoms. The minimum atomic E-state index is -3.97. The molecule has 0 radical (unpaired) electrons. The van der Waals surface area contributed by atoms with E-state index in [9.17, 15) is 27.2 Å². The number of amides is 1. The fraction of sp³-hybridized carbons (Fsp3) is 0.615. The lowest BCUT2D eigenvalue weighted by atomic mass is 9.83. The van der Waals surface area contributed by atoms with Crippen LogP contribution >= 0.6 is 0 Å². The van der Waals surface area contributed by atoms with Crippen molar-refractivity contribution in [3.63, 3.8) is 0 Å². The van der Waals surface area contributed by atoms with Gasteiger partial charge in [-0.2, -0.15) is 18.3 Å². The highest BCUT2D eigenvalue weighted by Crippen LogP contribution is 2.37. The summed E-state index contributed by atoms with van der Waals surface area (Å²) >= 11 is 0. The summed E-state index contributed by atoms with van der Waals surface area (Å²) in [5, 5.41) is 9.76. The minimum Gasteiger partial charge on any atom is -0.481 e. The smallest absolute Gasteiger partial charge is 0.391 e. The molecule has 0 aromatic carbocycles. The molecule has 2 aromatic heterocycles. The van der Waals surface area contributed by atoms with E-state index in [-0.39, 0.29) is 41.8 Å². The lowest BCUT2D eigenvalue weighted by molar-refractivity contribution is -0.182. The highest BCUT2D eigenvalue weighted by molar-refractivity contribution is 5.94. The Balaban J connectivity index is 0.000000279. The molecule has 1 amide bonds. The molecule has 2 N–H and O–H groups in total. The van der Waals surface area contributed by atoms with E-state index in [1.54, 1.807) is 11.9 Å². The van der Waals surface area contributed by atoms with Crippen LogP contribution in [0.2, 0.25) is 0 Å². The lowest BCUT2D eigenvalue weighted by Crippen LogP contribution is -2.53. The summed E-state index contributed by atoms with van der Waals surface area (Å²) in [7, 11) is 3.24. The number of ether oxygens (including phenoxy) is 1. The summed E-state index contributed by atoms with van der Waals surface area (Å²) in [6.45, 7) is 4.36. The number of methoxy groups -OCH3 is 1. The van der Waals surface area contributed by atoms with Crippen LogP contribution in [0.25, 0.3) is 11.3 Å². The van der Waals surface area contributed by atoms with Crippen molar-refractivity contribution in [3.8, 4) is 17.1 Å². The fourth-order valence-corrected chi connectivity index (χ4v) is 5.10. The number of pyridine rings is 1. The second-order valence-electron chi connectivity index (χ2n) is 10.4. The molecular weight excluding hydrogens is 506 g/mol. The number of carbonyl (C=O) groups is 2. The van der Waals surface area contributed by atoms with Crippen molar-refractivity contribution >= 4 is 12.2 Å². The van der Waals surface area contributed by atoms with E-state index >= 15 is 0 Å². The third-order valence-corrected chi connectivity index (χ3v) is 7.38. The Morgan fingerprint density at radius 1 is 1.21 bits per heavy atom. The Hall–Kier alpha value is -3.02. The van der Waals surface area contributed by atoms with Crippen LogP contribution in [0, 0.1) is 17.7 Å². The van der Waals surface area contributed by atoms with Gasteiger partial charge in [-0.15, -0.1) is 0 Å². The number of halogens is 4. The fourth-order valence-electron chi connectivity index (χ4n) is 5.10. The minimum absolute atomic E-state index is 0.0373. The van der Waals surface area contributed by atoms with Crippen LogP contribution in [-0.4, -0.2) is 70.7 Å². The number of alkyl halides is 3. The zero-order chi connectivity index (χ0) is 28.1. The van der Waals surface area contributed by atoms with Crippen LogP contribution in [0.5, 0.6) is 5.88 Å². The van der Waals surface area contributed by atoms with E-state index in [0.29, 0.717) is 44.0 Å². The number of piperidine rings is 1. The molecule has 1 unspecified atom stereocenters. The summed E-state index contributed by atoms with van der Waals surface area (Å²) in [4.78, 5) is 29.5. The van der Waals surface area contributed by atoms with E-state index in [4.69, 9.17) is 4.74 Å². The summed E-state index contributed by atoms with van der Waals surface area (Å²) in [6.07, 6.45) is 1.16.